The van der Waals surface area contributed by atoms with Gasteiger partial charge in [-0.2, -0.15) is 0 Å². The maximum absolute atomic E-state index is 11.5. The second kappa shape index (κ2) is 8.64. The van der Waals surface area contributed by atoms with Gasteiger partial charge in [0.05, 0.1) is 19.2 Å². The summed E-state index contributed by atoms with van der Waals surface area (Å²) in [5, 5.41) is 2.06. The number of urea groups is 1. The normalized spacial score (nSPS) is 10.2. The molecular weight excluding hydrogens is 328 g/mol. The van der Waals surface area contributed by atoms with Crippen molar-refractivity contribution in [3.8, 4) is 11.5 Å². The van der Waals surface area contributed by atoms with Crippen molar-refractivity contribution in [2.45, 2.75) is 0 Å². The molecule has 124 valence electrons. The molecule has 1 rings (SSSR count). The minimum absolute atomic E-state index is 0.306. The molecule has 0 aromatic heterocycles. The van der Waals surface area contributed by atoms with E-state index in [0.717, 1.165) is 6.08 Å². The van der Waals surface area contributed by atoms with Gasteiger partial charge in [-0.15, -0.1) is 0 Å². The van der Waals surface area contributed by atoms with Gasteiger partial charge in [-0.25, -0.2) is 9.59 Å². The number of imide groups is 1. The van der Waals surface area contributed by atoms with Gasteiger partial charge in [-0.1, -0.05) is 11.6 Å². The number of rotatable bonds is 6. The molecule has 0 unspecified atom stereocenters. The summed E-state index contributed by atoms with van der Waals surface area (Å²) in [5.41, 5.74) is 5.30. The topological polar surface area (TPSA) is 117 Å². The number of amides is 3. The Kier molecular flexibility index (Phi) is 6.88. The monoisotopic (exact) mass is 342 g/mol. The van der Waals surface area contributed by atoms with Gasteiger partial charge in [-0.3, -0.25) is 10.1 Å². The molecule has 8 nitrogen and oxygen atoms in total. The van der Waals surface area contributed by atoms with Gasteiger partial charge in [0.15, 0.2) is 18.1 Å². The number of hydrogen-bond donors (Lipinski definition) is 2. The molecule has 1 aromatic rings. The summed E-state index contributed by atoms with van der Waals surface area (Å²) in [4.78, 5) is 33.0. The Morgan fingerprint density at radius 1 is 1.26 bits per heavy atom. The lowest BCUT2D eigenvalue weighted by Gasteiger charge is -2.10. The van der Waals surface area contributed by atoms with E-state index in [1.807, 2.05) is 0 Å². The van der Waals surface area contributed by atoms with Gasteiger partial charge in [0.1, 0.15) is 0 Å². The standard InChI is InChI=1S/C14H15ClN2O6/c1-21-10-6-8(5-9(15)13(10)22-2)3-4-12(19)23-7-11(18)17-14(16)20/h3-6H,7H2,1-2H3,(H3,16,17,18,20)/b4-3+. The first-order valence-electron chi connectivity index (χ1n) is 6.23. The molecule has 0 spiro atoms. The van der Waals surface area contributed by atoms with E-state index in [0.29, 0.717) is 22.1 Å². The van der Waals surface area contributed by atoms with Crippen LogP contribution in [0.25, 0.3) is 6.08 Å². The molecule has 0 aliphatic rings. The fourth-order valence-electron chi connectivity index (χ4n) is 1.56. The number of benzene rings is 1. The molecule has 0 saturated heterocycles. The van der Waals surface area contributed by atoms with Crippen LogP contribution in [0.1, 0.15) is 5.56 Å². The van der Waals surface area contributed by atoms with Crippen LogP contribution in [0.4, 0.5) is 4.79 Å². The highest BCUT2D eigenvalue weighted by Crippen LogP contribution is 2.36. The minimum Gasteiger partial charge on any atom is -0.493 e. The van der Waals surface area contributed by atoms with Crippen molar-refractivity contribution in [2.75, 3.05) is 20.8 Å². The third-order valence-corrected chi connectivity index (χ3v) is 2.76. The summed E-state index contributed by atoms with van der Waals surface area (Å²) in [6.45, 7) is -0.626. The molecule has 0 fully saturated rings. The Labute approximate surface area is 137 Å². The number of hydrogen-bond acceptors (Lipinski definition) is 6. The number of esters is 1. The van der Waals surface area contributed by atoms with Crippen molar-refractivity contribution < 1.29 is 28.6 Å². The summed E-state index contributed by atoms with van der Waals surface area (Å²) >= 11 is 6.03. The largest absolute Gasteiger partial charge is 0.493 e. The smallest absolute Gasteiger partial charge is 0.331 e. The average Bonchev–Trinajstić information content (AvgIpc) is 2.49. The van der Waals surface area contributed by atoms with E-state index >= 15 is 0 Å². The summed E-state index contributed by atoms with van der Waals surface area (Å²) in [7, 11) is 2.90. The summed E-state index contributed by atoms with van der Waals surface area (Å²) in [6, 6.07) is 2.14. The molecule has 23 heavy (non-hydrogen) atoms. The molecule has 3 N–H and O–H groups in total. The number of carbonyl (C=O) groups is 3. The SMILES string of the molecule is COc1cc(/C=C/C(=O)OCC(=O)NC(N)=O)cc(Cl)c1OC. The zero-order valence-electron chi connectivity index (χ0n) is 12.4. The predicted molar refractivity (Wildman–Crippen MR) is 82.3 cm³/mol. The first-order valence-corrected chi connectivity index (χ1v) is 6.60. The number of halogens is 1. The lowest BCUT2D eigenvalue weighted by atomic mass is 10.2. The number of methoxy groups -OCH3 is 2. The van der Waals surface area contributed by atoms with E-state index in [2.05, 4.69) is 4.74 Å². The zero-order chi connectivity index (χ0) is 17.4. The highest BCUT2D eigenvalue weighted by atomic mass is 35.5. The number of primary amides is 1. The molecule has 0 heterocycles. The van der Waals surface area contributed by atoms with Crippen LogP contribution in [-0.2, 0) is 14.3 Å². The van der Waals surface area contributed by atoms with E-state index in [1.54, 1.807) is 17.4 Å². The summed E-state index contributed by atoms with van der Waals surface area (Å²) in [6.07, 6.45) is 2.51. The molecule has 0 aliphatic heterocycles. The van der Waals surface area contributed by atoms with Crippen LogP contribution in [-0.4, -0.2) is 38.7 Å². The van der Waals surface area contributed by atoms with Crippen LogP contribution in [0.2, 0.25) is 5.02 Å². The Morgan fingerprint density at radius 3 is 2.52 bits per heavy atom. The first kappa shape index (κ1) is 18.3. The molecular formula is C14H15ClN2O6. The van der Waals surface area contributed by atoms with Crippen LogP contribution in [0, 0.1) is 0 Å². The van der Waals surface area contributed by atoms with Crippen molar-refractivity contribution in [1.82, 2.24) is 5.32 Å². The van der Waals surface area contributed by atoms with E-state index < -0.39 is 24.5 Å². The van der Waals surface area contributed by atoms with Gasteiger partial charge in [-0.05, 0) is 23.8 Å². The van der Waals surface area contributed by atoms with Crippen LogP contribution >= 0.6 is 11.6 Å². The van der Waals surface area contributed by atoms with Crippen LogP contribution < -0.4 is 20.5 Å². The maximum atomic E-state index is 11.5. The Hall–Kier alpha value is -2.74. The number of ether oxygens (including phenoxy) is 3. The lowest BCUT2D eigenvalue weighted by molar-refractivity contribution is -0.143. The Balaban J connectivity index is 2.70. The van der Waals surface area contributed by atoms with Crippen LogP contribution in [0.3, 0.4) is 0 Å². The molecule has 0 aliphatic carbocycles. The van der Waals surface area contributed by atoms with E-state index in [1.165, 1.54) is 20.3 Å². The lowest BCUT2D eigenvalue weighted by Crippen LogP contribution is -2.37. The van der Waals surface area contributed by atoms with Crippen molar-refractivity contribution in [2.24, 2.45) is 5.73 Å². The second-order valence-corrected chi connectivity index (χ2v) is 4.50. The third-order valence-electron chi connectivity index (χ3n) is 2.48. The third kappa shape index (κ3) is 5.87. The average molecular weight is 343 g/mol. The van der Waals surface area contributed by atoms with E-state index in [4.69, 9.17) is 26.8 Å². The Bertz CT molecular complexity index is 644. The number of nitrogens with two attached hydrogens (primary N) is 1. The Morgan fingerprint density at radius 2 is 1.96 bits per heavy atom. The maximum Gasteiger partial charge on any atom is 0.331 e. The number of nitrogens with one attached hydrogen (secondary N) is 1. The van der Waals surface area contributed by atoms with Gasteiger partial charge < -0.3 is 19.9 Å². The molecule has 0 atom stereocenters. The van der Waals surface area contributed by atoms with Gasteiger partial charge in [0.2, 0.25) is 0 Å². The van der Waals surface area contributed by atoms with E-state index in [9.17, 15) is 14.4 Å². The predicted octanol–water partition coefficient (Wildman–Crippen LogP) is 1.11. The van der Waals surface area contributed by atoms with Crippen LogP contribution in [0.5, 0.6) is 11.5 Å². The minimum atomic E-state index is -1.03. The molecule has 9 heteroatoms. The van der Waals surface area contributed by atoms with Crippen molar-refractivity contribution in [3.63, 3.8) is 0 Å². The summed E-state index contributed by atoms with van der Waals surface area (Å²) < 4.78 is 14.8. The highest BCUT2D eigenvalue weighted by molar-refractivity contribution is 6.32. The highest BCUT2D eigenvalue weighted by Gasteiger charge is 2.10. The fourth-order valence-corrected chi connectivity index (χ4v) is 1.85. The van der Waals surface area contributed by atoms with E-state index in [-0.39, 0.29) is 0 Å². The zero-order valence-corrected chi connectivity index (χ0v) is 13.2. The van der Waals surface area contributed by atoms with Gasteiger partial charge in [0, 0.05) is 6.08 Å². The molecule has 0 radical (unpaired) electrons. The van der Waals surface area contributed by atoms with Crippen LogP contribution in [0.15, 0.2) is 18.2 Å². The first-order chi connectivity index (χ1) is 10.9. The fraction of sp³-hybridized carbons (Fsp3) is 0.214. The van der Waals surface area contributed by atoms with Crippen molar-refractivity contribution in [1.29, 1.82) is 0 Å². The molecule has 0 bridgehead atoms. The second-order valence-electron chi connectivity index (χ2n) is 4.09. The molecule has 1 aromatic carbocycles. The number of carbonyl (C=O) groups excluding carboxylic acids is 3. The summed E-state index contributed by atoms with van der Waals surface area (Å²) in [5.74, 6) is -0.838. The van der Waals surface area contributed by atoms with Crippen molar-refractivity contribution in [3.05, 3.63) is 28.8 Å². The molecule has 0 saturated carbocycles. The quantitative estimate of drug-likeness (QED) is 0.590. The van der Waals surface area contributed by atoms with Gasteiger partial charge >= 0.3 is 12.0 Å². The molecule has 3 amide bonds. The van der Waals surface area contributed by atoms with Gasteiger partial charge in [0.25, 0.3) is 5.91 Å². The van der Waals surface area contributed by atoms with Crippen molar-refractivity contribution >= 4 is 35.6 Å².